The van der Waals surface area contributed by atoms with Crippen LogP contribution in [0.25, 0.3) is 0 Å². The quantitative estimate of drug-likeness (QED) is 0.705. The number of nitrogens with one attached hydrogen (secondary N) is 1. The molecule has 0 amide bonds. The van der Waals surface area contributed by atoms with Crippen molar-refractivity contribution < 1.29 is 0 Å². The van der Waals surface area contributed by atoms with E-state index in [1.807, 2.05) is 7.05 Å². The molecule has 0 heterocycles. The first kappa shape index (κ1) is 11.1. The molecule has 1 rings (SSSR count). The molecule has 0 bridgehead atoms. The highest BCUT2D eigenvalue weighted by Crippen LogP contribution is 2.28. The molecule has 0 saturated carbocycles. The summed E-state index contributed by atoms with van der Waals surface area (Å²) in [4.78, 5) is 0. The number of nitrogens with two attached hydrogens (primary N) is 1. The van der Waals surface area contributed by atoms with E-state index in [-0.39, 0.29) is 0 Å². The Labute approximate surface area is 86.5 Å². The number of benzene rings is 1. The maximum atomic E-state index is 6.03. The highest BCUT2D eigenvalue weighted by Gasteiger charge is 2.11. The van der Waals surface area contributed by atoms with Crippen LogP contribution in [0.1, 0.15) is 27.8 Å². The van der Waals surface area contributed by atoms with Gasteiger partial charge in [0.05, 0.1) is 0 Å². The van der Waals surface area contributed by atoms with Crippen molar-refractivity contribution in [2.75, 3.05) is 12.8 Å². The smallest absolute Gasteiger partial charge is 0.0378 e. The third-order valence-electron chi connectivity index (χ3n) is 3.19. The fourth-order valence-electron chi connectivity index (χ4n) is 1.86. The Morgan fingerprint density at radius 2 is 1.36 bits per heavy atom. The highest BCUT2D eigenvalue weighted by molar-refractivity contribution is 5.62. The lowest BCUT2D eigenvalue weighted by atomic mass is 9.92. The van der Waals surface area contributed by atoms with Crippen LogP contribution in [0, 0.1) is 27.7 Å². The van der Waals surface area contributed by atoms with Crippen LogP contribution in [0.4, 0.5) is 5.69 Å². The van der Waals surface area contributed by atoms with E-state index in [9.17, 15) is 0 Å². The van der Waals surface area contributed by atoms with Gasteiger partial charge in [0, 0.05) is 12.2 Å². The summed E-state index contributed by atoms with van der Waals surface area (Å²) in [6.07, 6.45) is 0. The summed E-state index contributed by atoms with van der Waals surface area (Å²) in [5.41, 5.74) is 13.4. The van der Waals surface area contributed by atoms with Crippen LogP contribution in [-0.2, 0) is 6.54 Å². The van der Waals surface area contributed by atoms with E-state index in [4.69, 9.17) is 5.73 Å². The third-order valence-corrected chi connectivity index (χ3v) is 3.19. The SMILES string of the molecule is CNCc1c(C)c(C)c(N)c(C)c1C. The summed E-state index contributed by atoms with van der Waals surface area (Å²) in [6.45, 7) is 9.39. The Hall–Kier alpha value is -1.02. The Kier molecular flexibility index (Phi) is 3.17. The first-order valence-corrected chi connectivity index (χ1v) is 5.00. The zero-order chi connectivity index (χ0) is 10.9. The number of hydrogen-bond donors (Lipinski definition) is 2. The number of nitrogen functional groups attached to an aromatic ring is 1. The first-order valence-electron chi connectivity index (χ1n) is 5.00. The molecule has 0 aliphatic heterocycles. The van der Waals surface area contributed by atoms with Gasteiger partial charge in [0.15, 0.2) is 0 Å². The standard InChI is InChI=1S/C12H20N2/c1-7-9(3)12(13)10(4)8(2)11(7)6-14-5/h14H,6,13H2,1-5H3. The number of rotatable bonds is 2. The average Bonchev–Trinajstić information content (AvgIpc) is 2.19. The normalized spacial score (nSPS) is 10.6. The molecule has 0 spiro atoms. The van der Waals surface area contributed by atoms with Crippen molar-refractivity contribution in [3.05, 3.63) is 27.8 Å². The van der Waals surface area contributed by atoms with Crippen LogP contribution in [0.3, 0.4) is 0 Å². The minimum Gasteiger partial charge on any atom is -0.398 e. The molecule has 0 aliphatic rings. The topological polar surface area (TPSA) is 38.0 Å². The molecule has 0 saturated heterocycles. The van der Waals surface area contributed by atoms with Crippen molar-refractivity contribution in [1.82, 2.24) is 5.32 Å². The van der Waals surface area contributed by atoms with Crippen LogP contribution in [-0.4, -0.2) is 7.05 Å². The zero-order valence-corrected chi connectivity index (χ0v) is 9.78. The summed E-state index contributed by atoms with van der Waals surface area (Å²) in [6, 6.07) is 0. The predicted octanol–water partition coefficient (Wildman–Crippen LogP) is 2.22. The molecule has 0 aliphatic carbocycles. The molecular formula is C12H20N2. The molecular weight excluding hydrogens is 172 g/mol. The van der Waals surface area contributed by atoms with E-state index in [1.54, 1.807) is 0 Å². The van der Waals surface area contributed by atoms with Crippen molar-refractivity contribution in [3.63, 3.8) is 0 Å². The second-order valence-corrected chi connectivity index (χ2v) is 3.92. The maximum absolute atomic E-state index is 6.03. The lowest BCUT2D eigenvalue weighted by Crippen LogP contribution is -2.12. The Morgan fingerprint density at radius 1 is 0.929 bits per heavy atom. The minimum absolute atomic E-state index is 0.916. The second kappa shape index (κ2) is 4.01. The average molecular weight is 192 g/mol. The van der Waals surface area contributed by atoms with Gasteiger partial charge in [0.2, 0.25) is 0 Å². The largest absolute Gasteiger partial charge is 0.398 e. The van der Waals surface area contributed by atoms with Gasteiger partial charge in [-0.05, 0) is 62.6 Å². The van der Waals surface area contributed by atoms with Crippen molar-refractivity contribution in [1.29, 1.82) is 0 Å². The van der Waals surface area contributed by atoms with Crippen LogP contribution in [0.5, 0.6) is 0 Å². The molecule has 0 aromatic heterocycles. The fourth-order valence-corrected chi connectivity index (χ4v) is 1.86. The van der Waals surface area contributed by atoms with Gasteiger partial charge in [0.1, 0.15) is 0 Å². The molecule has 1 aromatic carbocycles. The van der Waals surface area contributed by atoms with Gasteiger partial charge in [-0.1, -0.05) is 0 Å². The van der Waals surface area contributed by atoms with Gasteiger partial charge in [-0.3, -0.25) is 0 Å². The van der Waals surface area contributed by atoms with E-state index < -0.39 is 0 Å². The summed E-state index contributed by atoms with van der Waals surface area (Å²) < 4.78 is 0. The van der Waals surface area contributed by atoms with Crippen LogP contribution < -0.4 is 11.1 Å². The molecule has 2 heteroatoms. The summed E-state index contributed by atoms with van der Waals surface area (Å²) >= 11 is 0. The summed E-state index contributed by atoms with van der Waals surface area (Å²) in [5.74, 6) is 0. The molecule has 0 unspecified atom stereocenters. The molecule has 0 atom stereocenters. The molecule has 78 valence electrons. The van der Waals surface area contributed by atoms with Crippen molar-refractivity contribution in [2.24, 2.45) is 0 Å². The first-order chi connectivity index (χ1) is 6.50. The fraction of sp³-hybridized carbons (Fsp3) is 0.500. The Bertz CT molecular complexity index is 325. The summed E-state index contributed by atoms with van der Waals surface area (Å²) in [7, 11) is 1.97. The van der Waals surface area contributed by atoms with Gasteiger partial charge < -0.3 is 11.1 Å². The lowest BCUT2D eigenvalue weighted by molar-refractivity contribution is 0.803. The van der Waals surface area contributed by atoms with Crippen molar-refractivity contribution >= 4 is 5.69 Å². The van der Waals surface area contributed by atoms with Crippen LogP contribution in [0.15, 0.2) is 0 Å². The van der Waals surface area contributed by atoms with E-state index in [1.165, 1.54) is 27.8 Å². The van der Waals surface area contributed by atoms with E-state index in [0.717, 1.165) is 12.2 Å². The van der Waals surface area contributed by atoms with E-state index >= 15 is 0 Å². The molecule has 14 heavy (non-hydrogen) atoms. The Balaban J connectivity index is 3.43. The van der Waals surface area contributed by atoms with Gasteiger partial charge >= 0.3 is 0 Å². The van der Waals surface area contributed by atoms with Gasteiger partial charge in [-0.2, -0.15) is 0 Å². The predicted molar refractivity (Wildman–Crippen MR) is 62.6 cm³/mol. The van der Waals surface area contributed by atoms with Crippen molar-refractivity contribution in [3.8, 4) is 0 Å². The molecule has 1 aromatic rings. The lowest BCUT2D eigenvalue weighted by Gasteiger charge is -2.17. The monoisotopic (exact) mass is 192 g/mol. The van der Waals surface area contributed by atoms with E-state index in [2.05, 4.69) is 33.0 Å². The summed E-state index contributed by atoms with van der Waals surface area (Å²) in [5, 5.41) is 3.20. The van der Waals surface area contributed by atoms with Gasteiger partial charge in [-0.25, -0.2) is 0 Å². The van der Waals surface area contributed by atoms with Gasteiger partial charge in [0.25, 0.3) is 0 Å². The number of hydrogen-bond acceptors (Lipinski definition) is 2. The molecule has 0 fully saturated rings. The van der Waals surface area contributed by atoms with Crippen LogP contribution in [0.2, 0.25) is 0 Å². The highest BCUT2D eigenvalue weighted by atomic mass is 14.8. The minimum atomic E-state index is 0.916. The Morgan fingerprint density at radius 3 is 1.71 bits per heavy atom. The number of anilines is 1. The van der Waals surface area contributed by atoms with E-state index in [0.29, 0.717) is 0 Å². The third kappa shape index (κ3) is 1.62. The second-order valence-electron chi connectivity index (χ2n) is 3.92. The van der Waals surface area contributed by atoms with Gasteiger partial charge in [-0.15, -0.1) is 0 Å². The zero-order valence-electron chi connectivity index (χ0n) is 9.78. The molecule has 0 radical (unpaired) electrons. The molecule has 2 nitrogen and oxygen atoms in total. The molecule has 3 N–H and O–H groups in total. The van der Waals surface area contributed by atoms with Crippen LogP contribution >= 0.6 is 0 Å². The maximum Gasteiger partial charge on any atom is 0.0378 e. The van der Waals surface area contributed by atoms with Crippen molar-refractivity contribution in [2.45, 2.75) is 34.2 Å².